The van der Waals surface area contributed by atoms with Gasteiger partial charge in [0, 0.05) is 17.8 Å². The van der Waals surface area contributed by atoms with E-state index in [1.54, 1.807) is 30.3 Å². The standard InChI is InChI=1S/C26H36N2O5/c1-4-7-8-9-15-32-21(19-31-14-10-13-29)18-28-24-22-16-20(17-27)11-12-23(22)33-26(5-2,6-3)25(24)30/h10-12,16,18,24-25,28,30H,4-9,14-15,19H2,1-3H3/b21-18+/t24-,25+/m1/s1. The maximum atomic E-state index is 11.3. The quantitative estimate of drug-likeness (QED) is 0.244. The fourth-order valence-electron chi connectivity index (χ4n) is 3.99. The molecule has 0 aliphatic carbocycles. The molecule has 0 unspecified atom stereocenters. The second kappa shape index (κ2) is 13.7. The van der Waals surface area contributed by atoms with E-state index in [0.717, 1.165) is 31.2 Å². The molecule has 0 saturated heterocycles. The molecule has 0 amide bonds. The van der Waals surface area contributed by atoms with Gasteiger partial charge in [-0.2, -0.15) is 5.26 Å². The van der Waals surface area contributed by atoms with Gasteiger partial charge in [-0.15, -0.1) is 0 Å². The first-order valence-corrected chi connectivity index (χ1v) is 11.8. The summed E-state index contributed by atoms with van der Waals surface area (Å²) in [6, 6.07) is 6.92. The summed E-state index contributed by atoms with van der Waals surface area (Å²) in [6.07, 6.45) is 7.73. The van der Waals surface area contributed by atoms with Crippen LogP contribution in [0.4, 0.5) is 0 Å². The lowest BCUT2D eigenvalue weighted by Crippen LogP contribution is -2.55. The summed E-state index contributed by atoms with van der Waals surface area (Å²) >= 11 is 0. The van der Waals surface area contributed by atoms with E-state index < -0.39 is 17.7 Å². The molecular weight excluding hydrogens is 420 g/mol. The van der Waals surface area contributed by atoms with Crippen molar-refractivity contribution in [2.75, 3.05) is 19.8 Å². The molecule has 0 bridgehead atoms. The molecule has 180 valence electrons. The summed E-state index contributed by atoms with van der Waals surface area (Å²) in [4.78, 5) is 10.4. The first-order chi connectivity index (χ1) is 16.0. The minimum Gasteiger partial charge on any atom is -0.494 e. The fraction of sp³-hybridized carbons (Fsp3) is 0.577. The summed E-state index contributed by atoms with van der Waals surface area (Å²) in [5.74, 6) is 2.92. The largest absolute Gasteiger partial charge is 0.494 e. The zero-order chi connectivity index (χ0) is 24.1. The number of ether oxygens (including phenoxy) is 3. The summed E-state index contributed by atoms with van der Waals surface area (Å²) in [7, 11) is 0. The van der Waals surface area contributed by atoms with Gasteiger partial charge in [0.15, 0.2) is 0 Å². The van der Waals surface area contributed by atoms with Crippen LogP contribution in [0, 0.1) is 11.3 Å². The van der Waals surface area contributed by atoms with Crippen LogP contribution in [0.5, 0.6) is 5.75 Å². The maximum absolute atomic E-state index is 11.3. The van der Waals surface area contributed by atoms with E-state index in [4.69, 9.17) is 14.2 Å². The molecule has 7 heteroatoms. The Morgan fingerprint density at radius 1 is 1.27 bits per heavy atom. The number of fused-ring (bicyclic) bond motifs is 1. The van der Waals surface area contributed by atoms with Gasteiger partial charge in [0.25, 0.3) is 0 Å². The minimum absolute atomic E-state index is 0.142. The Bertz CT molecular complexity index is 866. The van der Waals surface area contributed by atoms with Crippen molar-refractivity contribution in [1.29, 1.82) is 5.26 Å². The molecule has 0 saturated carbocycles. The molecule has 2 N–H and O–H groups in total. The fourth-order valence-corrected chi connectivity index (χ4v) is 3.99. The van der Waals surface area contributed by atoms with Gasteiger partial charge in [-0.1, -0.05) is 40.0 Å². The Hall–Kier alpha value is -2.78. The zero-order valence-corrected chi connectivity index (χ0v) is 19.9. The number of aliphatic hydroxyl groups is 1. The Kier molecular flexibility index (Phi) is 11.0. The normalized spacial score (nSPS) is 18.9. The molecule has 1 aromatic carbocycles. The molecule has 0 aromatic heterocycles. The molecule has 1 aliphatic heterocycles. The van der Waals surface area contributed by atoms with E-state index in [1.165, 1.54) is 6.08 Å². The van der Waals surface area contributed by atoms with Crippen molar-refractivity contribution in [3.63, 3.8) is 0 Å². The predicted molar refractivity (Wildman–Crippen MR) is 126 cm³/mol. The van der Waals surface area contributed by atoms with E-state index in [0.29, 0.717) is 36.5 Å². The van der Waals surface area contributed by atoms with Crippen molar-refractivity contribution in [3.8, 4) is 11.8 Å². The third-order valence-electron chi connectivity index (χ3n) is 6.08. The first kappa shape index (κ1) is 26.5. The molecule has 1 aromatic rings. The third kappa shape index (κ3) is 7.10. The highest BCUT2D eigenvalue weighted by Gasteiger charge is 2.47. The first-order valence-electron chi connectivity index (χ1n) is 11.8. The van der Waals surface area contributed by atoms with Gasteiger partial charge in [0.1, 0.15) is 35.8 Å². The van der Waals surface area contributed by atoms with Crippen molar-refractivity contribution >= 4 is 5.94 Å². The lowest BCUT2D eigenvalue weighted by atomic mass is 9.80. The smallest absolute Gasteiger partial charge is 0.137 e. The van der Waals surface area contributed by atoms with Crippen molar-refractivity contribution in [2.24, 2.45) is 0 Å². The van der Waals surface area contributed by atoms with Gasteiger partial charge in [0.2, 0.25) is 0 Å². The maximum Gasteiger partial charge on any atom is 0.137 e. The molecule has 1 aliphatic rings. The molecule has 1 heterocycles. The SMILES string of the molecule is CCCCCCO/C(=C/N[C@@H]1c2cc(C#N)ccc2OC(CC)(CC)[C@H]1O)COCC=C=O. The number of nitrogens with zero attached hydrogens (tertiary/aromatic N) is 1. The van der Waals surface area contributed by atoms with E-state index >= 15 is 0 Å². The van der Waals surface area contributed by atoms with Gasteiger partial charge < -0.3 is 24.6 Å². The van der Waals surface area contributed by atoms with Gasteiger partial charge in [-0.05, 0) is 37.5 Å². The number of rotatable bonds is 14. The number of benzene rings is 1. The number of nitriles is 1. The molecule has 33 heavy (non-hydrogen) atoms. The molecule has 2 atom stereocenters. The molecule has 0 radical (unpaired) electrons. The van der Waals surface area contributed by atoms with Crippen LogP contribution in [-0.2, 0) is 14.3 Å². The number of unbranched alkanes of at least 4 members (excludes halogenated alkanes) is 3. The Morgan fingerprint density at radius 2 is 2.06 bits per heavy atom. The second-order valence-electron chi connectivity index (χ2n) is 8.18. The van der Waals surface area contributed by atoms with Gasteiger partial charge >= 0.3 is 0 Å². The van der Waals surface area contributed by atoms with Crippen LogP contribution >= 0.6 is 0 Å². The highest BCUT2D eigenvalue weighted by Crippen LogP contribution is 2.43. The summed E-state index contributed by atoms with van der Waals surface area (Å²) in [6.45, 7) is 7.02. The van der Waals surface area contributed by atoms with E-state index in [1.807, 2.05) is 13.8 Å². The highest BCUT2D eigenvalue weighted by molar-refractivity contribution is 5.47. The summed E-state index contributed by atoms with van der Waals surface area (Å²) < 4.78 is 17.7. The van der Waals surface area contributed by atoms with Crippen molar-refractivity contribution in [2.45, 2.75) is 77.0 Å². The number of carbonyl (C=O) groups excluding carboxylic acids is 1. The molecular formula is C26H36N2O5. The van der Waals surface area contributed by atoms with E-state index in [9.17, 15) is 15.2 Å². The Morgan fingerprint density at radius 3 is 2.73 bits per heavy atom. The summed E-state index contributed by atoms with van der Waals surface area (Å²) in [5, 5.41) is 24.0. The van der Waals surface area contributed by atoms with Crippen LogP contribution < -0.4 is 10.1 Å². The average molecular weight is 457 g/mol. The third-order valence-corrected chi connectivity index (χ3v) is 6.08. The lowest BCUT2D eigenvalue weighted by Gasteiger charge is -2.45. The lowest BCUT2D eigenvalue weighted by molar-refractivity contribution is -0.0903. The van der Waals surface area contributed by atoms with Gasteiger partial charge in [0.05, 0.1) is 30.9 Å². The van der Waals surface area contributed by atoms with Gasteiger partial charge in [-0.25, -0.2) is 4.79 Å². The van der Waals surface area contributed by atoms with Crippen molar-refractivity contribution < 1.29 is 24.1 Å². The van der Waals surface area contributed by atoms with Crippen LogP contribution in [0.25, 0.3) is 0 Å². The van der Waals surface area contributed by atoms with Crippen LogP contribution in [0.15, 0.2) is 36.2 Å². The molecule has 0 fully saturated rings. The van der Waals surface area contributed by atoms with E-state index in [2.05, 4.69) is 18.3 Å². The van der Waals surface area contributed by atoms with E-state index in [-0.39, 0.29) is 13.2 Å². The Balaban J connectivity index is 2.26. The number of aliphatic hydroxyl groups excluding tert-OH is 1. The molecule has 0 spiro atoms. The van der Waals surface area contributed by atoms with Crippen LogP contribution in [0.1, 0.15) is 76.5 Å². The number of nitrogens with one attached hydrogen (secondary N) is 1. The van der Waals surface area contributed by atoms with Crippen LogP contribution in [0.2, 0.25) is 0 Å². The highest BCUT2D eigenvalue weighted by atomic mass is 16.5. The van der Waals surface area contributed by atoms with Crippen LogP contribution in [0.3, 0.4) is 0 Å². The molecule has 7 nitrogen and oxygen atoms in total. The minimum atomic E-state index is -0.838. The number of hydrogen-bond acceptors (Lipinski definition) is 7. The second-order valence-corrected chi connectivity index (χ2v) is 8.18. The summed E-state index contributed by atoms with van der Waals surface area (Å²) in [5.41, 5.74) is 0.485. The van der Waals surface area contributed by atoms with Crippen molar-refractivity contribution in [3.05, 3.63) is 47.4 Å². The van der Waals surface area contributed by atoms with Gasteiger partial charge in [-0.3, -0.25) is 0 Å². The zero-order valence-electron chi connectivity index (χ0n) is 19.9. The number of hydrogen-bond donors (Lipinski definition) is 2. The topological polar surface area (TPSA) is 101 Å². The molecule has 2 rings (SSSR count). The Labute approximate surface area is 197 Å². The van der Waals surface area contributed by atoms with Crippen molar-refractivity contribution in [1.82, 2.24) is 5.32 Å². The monoisotopic (exact) mass is 456 g/mol. The average Bonchev–Trinajstić information content (AvgIpc) is 2.84. The van der Waals surface area contributed by atoms with Crippen LogP contribution in [-0.4, -0.2) is 42.6 Å². The predicted octanol–water partition coefficient (Wildman–Crippen LogP) is 4.34.